The monoisotopic (exact) mass is 396 g/mol. The van der Waals surface area contributed by atoms with Gasteiger partial charge in [0, 0.05) is 17.0 Å². The SMILES string of the molecule is C=CC(C)(C)Oc1c2c(c(C(C)(C)C=C)c3oc(=O)ccc13)OC(C)(C)CC2=O. The van der Waals surface area contributed by atoms with Crippen LogP contribution in [0.4, 0.5) is 0 Å². The lowest BCUT2D eigenvalue weighted by molar-refractivity contribution is 0.0593. The zero-order chi connectivity index (χ0) is 21.8. The second-order valence-corrected chi connectivity index (χ2v) is 9.20. The number of carbonyl (C=O) groups excluding carboxylic acids is 1. The molecule has 154 valence electrons. The van der Waals surface area contributed by atoms with Gasteiger partial charge in [-0.3, -0.25) is 4.79 Å². The van der Waals surface area contributed by atoms with Gasteiger partial charge in [0.1, 0.15) is 33.8 Å². The van der Waals surface area contributed by atoms with Crippen LogP contribution in [0.5, 0.6) is 11.5 Å². The summed E-state index contributed by atoms with van der Waals surface area (Å²) in [4.78, 5) is 25.4. The van der Waals surface area contributed by atoms with Crippen LogP contribution < -0.4 is 15.1 Å². The van der Waals surface area contributed by atoms with Crippen LogP contribution in [0.25, 0.3) is 11.0 Å². The number of Topliss-reactive ketones (excluding diaryl/α,β-unsaturated/α-hetero) is 1. The largest absolute Gasteiger partial charge is 0.486 e. The van der Waals surface area contributed by atoms with Crippen molar-refractivity contribution < 1.29 is 18.7 Å². The van der Waals surface area contributed by atoms with Crippen LogP contribution in [-0.4, -0.2) is 17.0 Å². The Kier molecular flexibility index (Phi) is 4.77. The number of carbonyl (C=O) groups is 1. The van der Waals surface area contributed by atoms with Crippen LogP contribution in [0.3, 0.4) is 0 Å². The number of ketones is 1. The molecule has 2 aromatic rings. The average molecular weight is 396 g/mol. The standard InChI is InChI=1S/C24H28O5/c1-9-22(3,4)18-20-14(11-12-16(26)27-20)19(28-23(5,6)10-2)17-15(25)13-24(7,8)29-21(17)18/h9-12H,1-2,13H2,3-8H3. The second-order valence-electron chi connectivity index (χ2n) is 9.20. The van der Waals surface area contributed by atoms with Crippen molar-refractivity contribution in [3.05, 3.63) is 59.0 Å². The fraction of sp³-hybridized carbons (Fsp3) is 0.417. The van der Waals surface area contributed by atoms with E-state index in [1.807, 2.05) is 41.5 Å². The number of benzene rings is 1. The molecule has 0 radical (unpaired) electrons. The number of fused-ring (bicyclic) bond motifs is 2. The van der Waals surface area contributed by atoms with Gasteiger partial charge >= 0.3 is 5.63 Å². The molecule has 0 bridgehead atoms. The van der Waals surface area contributed by atoms with E-state index in [0.29, 0.717) is 33.6 Å². The van der Waals surface area contributed by atoms with Gasteiger partial charge in [-0.05, 0) is 39.8 Å². The highest BCUT2D eigenvalue weighted by molar-refractivity contribution is 6.09. The fourth-order valence-corrected chi connectivity index (χ4v) is 3.49. The molecule has 1 aliphatic rings. The first-order chi connectivity index (χ1) is 13.3. The lowest BCUT2D eigenvalue weighted by Gasteiger charge is -2.37. The van der Waals surface area contributed by atoms with Crippen LogP contribution in [-0.2, 0) is 5.41 Å². The van der Waals surface area contributed by atoms with Crippen molar-refractivity contribution in [3.63, 3.8) is 0 Å². The topological polar surface area (TPSA) is 65.7 Å². The molecule has 5 heteroatoms. The summed E-state index contributed by atoms with van der Waals surface area (Å²) in [5, 5.41) is 0.542. The number of hydrogen-bond acceptors (Lipinski definition) is 5. The van der Waals surface area contributed by atoms with Crippen molar-refractivity contribution in [3.8, 4) is 11.5 Å². The molecule has 5 nitrogen and oxygen atoms in total. The highest BCUT2D eigenvalue weighted by Crippen LogP contribution is 2.50. The highest BCUT2D eigenvalue weighted by atomic mass is 16.5. The van der Waals surface area contributed by atoms with E-state index in [2.05, 4.69) is 13.2 Å². The Bertz CT molecular complexity index is 1080. The molecule has 3 rings (SSSR count). The third-order valence-electron chi connectivity index (χ3n) is 5.24. The lowest BCUT2D eigenvalue weighted by atomic mass is 9.79. The van der Waals surface area contributed by atoms with Crippen molar-refractivity contribution in [2.45, 2.75) is 64.6 Å². The Hall–Kier alpha value is -2.82. The quantitative estimate of drug-likeness (QED) is 0.504. The molecule has 0 unspecified atom stereocenters. The van der Waals surface area contributed by atoms with Gasteiger partial charge in [0.25, 0.3) is 0 Å². The summed E-state index contributed by atoms with van der Waals surface area (Å²) in [7, 11) is 0. The average Bonchev–Trinajstić information content (AvgIpc) is 2.59. The van der Waals surface area contributed by atoms with Crippen molar-refractivity contribution in [1.82, 2.24) is 0 Å². The molecule has 0 fully saturated rings. The number of ether oxygens (including phenoxy) is 2. The zero-order valence-electron chi connectivity index (χ0n) is 18.0. The Labute approximate surface area is 171 Å². The maximum atomic E-state index is 13.3. The molecular formula is C24H28O5. The van der Waals surface area contributed by atoms with Crippen LogP contribution in [0.2, 0.25) is 0 Å². The van der Waals surface area contributed by atoms with Gasteiger partial charge in [0.2, 0.25) is 0 Å². The minimum Gasteiger partial charge on any atom is -0.486 e. The van der Waals surface area contributed by atoms with Crippen molar-refractivity contribution in [1.29, 1.82) is 0 Å². The molecule has 0 aliphatic carbocycles. The van der Waals surface area contributed by atoms with Crippen LogP contribution in [0.1, 0.15) is 63.9 Å². The van der Waals surface area contributed by atoms with Gasteiger partial charge in [0.05, 0.1) is 11.8 Å². The van der Waals surface area contributed by atoms with E-state index >= 15 is 0 Å². The van der Waals surface area contributed by atoms with Crippen molar-refractivity contribution >= 4 is 16.8 Å². The first kappa shape index (κ1) is 20.9. The van der Waals surface area contributed by atoms with Crippen LogP contribution >= 0.6 is 0 Å². The molecule has 0 amide bonds. The predicted molar refractivity (Wildman–Crippen MR) is 114 cm³/mol. The van der Waals surface area contributed by atoms with Crippen LogP contribution in [0.15, 0.2) is 46.7 Å². The smallest absolute Gasteiger partial charge is 0.336 e. The van der Waals surface area contributed by atoms with E-state index in [1.165, 1.54) is 6.07 Å². The van der Waals surface area contributed by atoms with E-state index in [9.17, 15) is 9.59 Å². The van der Waals surface area contributed by atoms with Crippen LogP contribution in [0, 0.1) is 0 Å². The fourth-order valence-electron chi connectivity index (χ4n) is 3.49. The molecule has 0 N–H and O–H groups in total. The summed E-state index contributed by atoms with van der Waals surface area (Å²) in [5.74, 6) is 0.640. The number of allylic oxidation sites excluding steroid dienone is 1. The molecule has 0 saturated carbocycles. The van der Waals surface area contributed by atoms with E-state index in [0.717, 1.165) is 0 Å². The van der Waals surface area contributed by atoms with Gasteiger partial charge < -0.3 is 13.9 Å². The van der Waals surface area contributed by atoms with Gasteiger partial charge in [0.15, 0.2) is 5.78 Å². The zero-order valence-corrected chi connectivity index (χ0v) is 18.0. The molecule has 0 atom stereocenters. The first-order valence-electron chi connectivity index (χ1n) is 9.64. The normalized spacial score (nSPS) is 16.1. The number of rotatable bonds is 5. The summed E-state index contributed by atoms with van der Waals surface area (Å²) >= 11 is 0. The molecule has 1 aromatic heterocycles. The Morgan fingerprint density at radius 3 is 2.34 bits per heavy atom. The number of hydrogen-bond donors (Lipinski definition) is 0. The lowest BCUT2D eigenvalue weighted by Crippen LogP contribution is -2.38. The third kappa shape index (κ3) is 3.61. The maximum Gasteiger partial charge on any atom is 0.336 e. The molecule has 29 heavy (non-hydrogen) atoms. The van der Waals surface area contributed by atoms with Crippen molar-refractivity contribution in [2.24, 2.45) is 0 Å². The van der Waals surface area contributed by atoms with Gasteiger partial charge in [-0.1, -0.05) is 26.5 Å². The van der Waals surface area contributed by atoms with Gasteiger partial charge in [-0.2, -0.15) is 0 Å². The predicted octanol–water partition coefficient (Wildman–Crippen LogP) is 5.34. The minimum absolute atomic E-state index is 0.0830. The summed E-state index contributed by atoms with van der Waals surface area (Å²) in [6, 6.07) is 2.96. The summed E-state index contributed by atoms with van der Waals surface area (Å²) in [5.41, 5.74) is -1.26. The summed E-state index contributed by atoms with van der Waals surface area (Å²) < 4.78 is 18.2. The van der Waals surface area contributed by atoms with Gasteiger partial charge in [-0.15, -0.1) is 6.58 Å². The highest BCUT2D eigenvalue weighted by Gasteiger charge is 2.42. The molecule has 0 spiro atoms. The van der Waals surface area contributed by atoms with E-state index in [4.69, 9.17) is 13.9 Å². The Morgan fingerprint density at radius 1 is 1.10 bits per heavy atom. The molecule has 0 saturated heterocycles. The molecule has 2 heterocycles. The van der Waals surface area contributed by atoms with E-state index in [-0.39, 0.29) is 12.2 Å². The minimum atomic E-state index is -0.750. The molecule has 1 aromatic carbocycles. The maximum absolute atomic E-state index is 13.3. The molecular weight excluding hydrogens is 368 g/mol. The summed E-state index contributed by atoms with van der Waals surface area (Å²) in [6.45, 7) is 19.0. The van der Waals surface area contributed by atoms with E-state index in [1.54, 1.807) is 18.2 Å². The third-order valence-corrected chi connectivity index (χ3v) is 5.24. The molecule has 1 aliphatic heterocycles. The Balaban J connectivity index is 2.56. The van der Waals surface area contributed by atoms with Crippen molar-refractivity contribution in [2.75, 3.05) is 0 Å². The Morgan fingerprint density at radius 2 is 1.76 bits per heavy atom. The van der Waals surface area contributed by atoms with E-state index < -0.39 is 22.2 Å². The summed E-state index contributed by atoms with van der Waals surface area (Å²) in [6.07, 6.45) is 3.61. The second kappa shape index (κ2) is 6.61. The van der Waals surface area contributed by atoms with Gasteiger partial charge in [-0.25, -0.2) is 4.79 Å². The first-order valence-corrected chi connectivity index (χ1v) is 9.64.